The molecule has 0 rings (SSSR count). The van der Waals surface area contributed by atoms with Gasteiger partial charge >= 0.3 is 11.9 Å². The Morgan fingerprint density at radius 3 is 2.21 bits per heavy atom. The zero-order valence-corrected chi connectivity index (χ0v) is 11.4. The zero-order valence-electron chi connectivity index (χ0n) is 11.4. The molecular weight excluding hydrogens is 252 g/mol. The second kappa shape index (κ2) is 10.1. The van der Waals surface area contributed by atoms with E-state index in [0.717, 1.165) is 0 Å². The topological polar surface area (TPSA) is 71.1 Å². The van der Waals surface area contributed by atoms with Crippen LogP contribution >= 0.6 is 0 Å². The smallest absolute Gasteiger partial charge is 0.333 e. The Hall–Kier alpha value is -1.82. The van der Waals surface area contributed by atoms with E-state index < -0.39 is 11.9 Å². The van der Waals surface area contributed by atoms with Gasteiger partial charge in [0.1, 0.15) is 13.2 Å². The van der Waals surface area contributed by atoms with Gasteiger partial charge in [-0.2, -0.15) is 0 Å². The summed E-state index contributed by atoms with van der Waals surface area (Å²) in [6.07, 6.45) is 0.00128. The molecule has 0 aliphatic heterocycles. The van der Waals surface area contributed by atoms with Crippen LogP contribution in [-0.4, -0.2) is 38.6 Å². The van der Waals surface area contributed by atoms with E-state index in [-0.39, 0.29) is 33.0 Å². The van der Waals surface area contributed by atoms with Crippen LogP contribution < -0.4 is 0 Å². The van der Waals surface area contributed by atoms with E-state index in [9.17, 15) is 9.59 Å². The SMILES string of the molecule is C=C(C)OCOCCOC(=O)CCOC(=O)C(=C)C. The maximum atomic E-state index is 11.2. The van der Waals surface area contributed by atoms with Gasteiger partial charge in [0.25, 0.3) is 0 Å². The van der Waals surface area contributed by atoms with Crippen molar-refractivity contribution < 1.29 is 28.5 Å². The second-order valence-electron chi connectivity index (χ2n) is 3.76. The molecule has 0 aromatic carbocycles. The summed E-state index contributed by atoms with van der Waals surface area (Å²) in [6, 6.07) is 0. The lowest BCUT2D eigenvalue weighted by atomic mass is 10.4. The number of rotatable bonds is 10. The van der Waals surface area contributed by atoms with Crippen LogP contribution in [0.25, 0.3) is 0 Å². The van der Waals surface area contributed by atoms with Gasteiger partial charge in [0.2, 0.25) is 0 Å². The van der Waals surface area contributed by atoms with Crippen molar-refractivity contribution in [1.82, 2.24) is 0 Å². The Balaban J connectivity index is 3.42. The fraction of sp³-hybridized carbons (Fsp3) is 0.538. The van der Waals surface area contributed by atoms with Crippen LogP contribution in [0.15, 0.2) is 24.5 Å². The van der Waals surface area contributed by atoms with Crippen molar-refractivity contribution in [2.75, 3.05) is 26.6 Å². The summed E-state index contributed by atoms with van der Waals surface area (Å²) in [4.78, 5) is 22.2. The van der Waals surface area contributed by atoms with Crippen molar-refractivity contribution in [3.63, 3.8) is 0 Å². The van der Waals surface area contributed by atoms with Gasteiger partial charge in [0.15, 0.2) is 6.79 Å². The van der Waals surface area contributed by atoms with E-state index in [1.807, 2.05) is 0 Å². The maximum Gasteiger partial charge on any atom is 0.333 e. The molecule has 0 fully saturated rings. The molecule has 0 aromatic heterocycles. The molecule has 0 saturated carbocycles. The lowest BCUT2D eigenvalue weighted by molar-refractivity contribution is -0.149. The number of esters is 2. The molecule has 0 amide bonds. The summed E-state index contributed by atoms with van der Waals surface area (Å²) in [5, 5.41) is 0. The highest BCUT2D eigenvalue weighted by molar-refractivity contribution is 5.87. The van der Waals surface area contributed by atoms with Gasteiger partial charge < -0.3 is 18.9 Å². The van der Waals surface area contributed by atoms with Crippen molar-refractivity contribution in [1.29, 1.82) is 0 Å². The Labute approximate surface area is 113 Å². The summed E-state index contributed by atoms with van der Waals surface area (Å²) < 4.78 is 19.5. The zero-order chi connectivity index (χ0) is 14.7. The quantitative estimate of drug-likeness (QED) is 0.198. The summed E-state index contributed by atoms with van der Waals surface area (Å²) in [5.41, 5.74) is 0.291. The normalized spacial score (nSPS) is 9.58. The Bertz CT molecular complexity index is 334. The van der Waals surface area contributed by atoms with Crippen LogP contribution in [-0.2, 0) is 28.5 Å². The Morgan fingerprint density at radius 1 is 0.947 bits per heavy atom. The molecular formula is C13H20O6. The second-order valence-corrected chi connectivity index (χ2v) is 3.76. The minimum absolute atomic E-state index is 0.00128. The minimum Gasteiger partial charge on any atom is -0.473 e. The van der Waals surface area contributed by atoms with E-state index in [0.29, 0.717) is 11.3 Å². The predicted molar refractivity (Wildman–Crippen MR) is 68.1 cm³/mol. The van der Waals surface area contributed by atoms with Gasteiger partial charge in [-0.05, 0) is 13.8 Å². The standard InChI is InChI=1S/C13H20O6/c1-10(2)13(15)18-6-5-12(14)17-8-7-16-9-19-11(3)4/h1,3,5-9H2,2,4H3. The first-order valence-corrected chi connectivity index (χ1v) is 5.77. The highest BCUT2D eigenvalue weighted by Gasteiger charge is 2.06. The van der Waals surface area contributed by atoms with E-state index >= 15 is 0 Å². The van der Waals surface area contributed by atoms with E-state index in [2.05, 4.69) is 13.2 Å². The highest BCUT2D eigenvalue weighted by atomic mass is 16.7. The van der Waals surface area contributed by atoms with Crippen molar-refractivity contribution >= 4 is 11.9 Å². The molecule has 6 heteroatoms. The molecule has 0 aliphatic rings. The summed E-state index contributed by atoms with van der Waals surface area (Å²) in [7, 11) is 0. The third-order valence-electron chi connectivity index (χ3n) is 1.77. The number of hydrogen-bond acceptors (Lipinski definition) is 6. The lowest BCUT2D eigenvalue weighted by Gasteiger charge is -2.07. The first-order valence-electron chi connectivity index (χ1n) is 5.77. The van der Waals surface area contributed by atoms with Gasteiger partial charge in [-0.1, -0.05) is 13.2 Å². The fourth-order valence-electron chi connectivity index (χ4n) is 0.838. The third-order valence-corrected chi connectivity index (χ3v) is 1.77. The van der Waals surface area contributed by atoms with Crippen LogP contribution in [0, 0.1) is 0 Å². The van der Waals surface area contributed by atoms with E-state index in [1.165, 1.54) is 6.92 Å². The molecule has 0 aliphatic carbocycles. The average molecular weight is 272 g/mol. The number of carbonyl (C=O) groups is 2. The van der Waals surface area contributed by atoms with E-state index in [1.54, 1.807) is 6.92 Å². The van der Waals surface area contributed by atoms with Crippen molar-refractivity contribution in [3.8, 4) is 0 Å². The molecule has 108 valence electrons. The molecule has 0 aromatic rings. The van der Waals surface area contributed by atoms with Crippen LogP contribution in [0.2, 0.25) is 0 Å². The number of carbonyl (C=O) groups excluding carboxylic acids is 2. The van der Waals surface area contributed by atoms with Gasteiger partial charge in [-0.3, -0.25) is 4.79 Å². The molecule has 6 nitrogen and oxygen atoms in total. The average Bonchev–Trinajstić information content (AvgIpc) is 2.32. The molecule has 0 spiro atoms. The van der Waals surface area contributed by atoms with Crippen molar-refractivity contribution in [3.05, 3.63) is 24.5 Å². The maximum absolute atomic E-state index is 11.2. The lowest BCUT2D eigenvalue weighted by Crippen LogP contribution is -2.15. The Kier molecular flexibility index (Phi) is 9.16. The van der Waals surface area contributed by atoms with Gasteiger partial charge in [0.05, 0.1) is 18.8 Å². The molecule has 0 heterocycles. The van der Waals surface area contributed by atoms with E-state index in [4.69, 9.17) is 18.9 Å². The molecule has 0 atom stereocenters. The predicted octanol–water partition coefficient (Wildman–Crippen LogP) is 1.56. The van der Waals surface area contributed by atoms with Gasteiger partial charge in [-0.15, -0.1) is 0 Å². The molecule has 0 saturated heterocycles. The fourth-order valence-corrected chi connectivity index (χ4v) is 0.838. The first-order chi connectivity index (χ1) is 8.93. The molecule has 0 bridgehead atoms. The summed E-state index contributed by atoms with van der Waals surface area (Å²) in [5.74, 6) is -0.427. The van der Waals surface area contributed by atoms with Crippen molar-refractivity contribution in [2.24, 2.45) is 0 Å². The molecule has 0 radical (unpaired) electrons. The molecule has 0 unspecified atom stereocenters. The number of ether oxygens (including phenoxy) is 4. The van der Waals surface area contributed by atoms with Crippen LogP contribution in [0.4, 0.5) is 0 Å². The number of allylic oxidation sites excluding steroid dienone is 1. The largest absolute Gasteiger partial charge is 0.473 e. The third kappa shape index (κ3) is 11.0. The summed E-state index contributed by atoms with van der Waals surface area (Å²) >= 11 is 0. The highest BCUT2D eigenvalue weighted by Crippen LogP contribution is 1.95. The monoisotopic (exact) mass is 272 g/mol. The van der Waals surface area contributed by atoms with Crippen LogP contribution in [0.5, 0.6) is 0 Å². The Morgan fingerprint density at radius 2 is 1.63 bits per heavy atom. The minimum atomic E-state index is -0.520. The van der Waals surface area contributed by atoms with Gasteiger partial charge in [-0.25, -0.2) is 4.79 Å². The molecule has 0 N–H and O–H groups in total. The van der Waals surface area contributed by atoms with Crippen LogP contribution in [0.1, 0.15) is 20.3 Å². The first kappa shape index (κ1) is 17.2. The van der Waals surface area contributed by atoms with Gasteiger partial charge in [0, 0.05) is 5.57 Å². The van der Waals surface area contributed by atoms with Crippen molar-refractivity contribution in [2.45, 2.75) is 20.3 Å². The summed E-state index contributed by atoms with van der Waals surface area (Å²) in [6.45, 7) is 10.6. The van der Waals surface area contributed by atoms with Crippen LogP contribution in [0.3, 0.4) is 0 Å². The molecule has 19 heavy (non-hydrogen) atoms. The number of hydrogen-bond donors (Lipinski definition) is 0.